The van der Waals surface area contributed by atoms with E-state index in [-0.39, 0.29) is 12.0 Å². The van der Waals surface area contributed by atoms with Crippen LogP contribution < -0.4 is 11.3 Å². The van der Waals surface area contributed by atoms with Crippen LogP contribution in [0.2, 0.25) is 0 Å². The molecule has 0 fully saturated rings. The quantitative estimate of drug-likeness (QED) is 0.306. The number of nitrogens with one attached hydrogen (secondary N) is 1. The van der Waals surface area contributed by atoms with Gasteiger partial charge in [-0.05, 0) is 6.42 Å². The van der Waals surface area contributed by atoms with Gasteiger partial charge in [-0.1, -0.05) is 6.92 Å². The molecule has 0 aliphatic heterocycles. The lowest BCUT2D eigenvalue weighted by molar-refractivity contribution is -0.143. The Balaban J connectivity index is 3.64. The summed E-state index contributed by atoms with van der Waals surface area (Å²) in [5.74, 6) is 4.69. The molecule has 0 radical (unpaired) electrons. The maximum absolute atomic E-state index is 10.6. The standard InChI is InChI=1S/C5H12N2O2/c1-3-4(7-6)5(8)9-2/h4,7H,3,6H2,1-2H3. The maximum Gasteiger partial charge on any atom is 0.324 e. The summed E-state index contributed by atoms with van der Waals surface area (Å²) in [6.45, 7) is 1.85. The van der Waals surface area contributed by atoms with Crippen molar-refractivity contribution in [3.05, 3.63) is 0 Å². The zero-order valence-corrected chi connectivity index (χ0v) is 5.68. The number of esters is 1. The van der Waals surface area contributed by atoms with Crippen molar-refractivity contribution in [1.29, 1.82) is 0 Å². The van der Waals surface area contributed by atoms with Gasteiger partial charge in [-0.25, -0.2) is 5.43 Å². The number of hydrogen-bond acceptors (Lipinski definition) is 4. The molecule has 4 nitrogen and oxygen atoms in total. The average molecular weight is 132 g/mol. The molecule has 1 unspecified atom stereocenters. The molecule has 3 N–H and O–H groups in total. The second kappa shape index (κ2) is 4.29. The number of nitrogens with two attached hydrogens (primary N) is 1. The van der Waals surface area contributed by atoms with Gasteiger partial charge in [0.15, 0.2) is 0 Å². The van der Waals surface area contributed by atoms with Gasteiger partial charge in [0.25, 0.3) is 0 Å². The second-order valence-electron chi connectivity index (χ2n) is 1.65. The van der Waals surface area contributed by atoms with Crippen LogP contribution >= 0.6 is 0 Å². The lowest BCUT2D eigenvalue weighted by Gasteiger charge is -2.08. The van der Waals surface area contributed by atoms with E-state index in [1.165, 1.54) is 7.11 Å². The molecule has 0 aliphatic rings. The number of hydrogen-bond donors (Lipinski definition) is 2. The van der Waals surface area contributed by atoms with Crippen molar-refractivity contribution >= 4 is 5.97 Å². The van der Waals surface area contributed by atoms with Crippen molar-refractivity contribution in [2.75, 3.05) is 7.11 Å². The van der Waals surface area contributed by atoms with Crippen molar-refractivity contribution in [1.82, 2.24) is 5.43 Å². The monoisotopic (exact) mass is 132 g/mol. The fourth-order valence-corrected chi connectivity index (χ4v) is 0.495. The number of carbonyl (C=O) groups is 1. The molecule has 9 heavy (non-hydrogen) atoms. The van der Waals surface area contributed by atoms with Gasteiger partial charge in [0.2, 0.25) is 0 Å². The molecule has 54 valence electrons. The van der Waals surface area contributed by atoms with Gasteiger partial charge in [0.05, 0.1) is 7.11 Å². The van der Waals surface area contributed by atoms with Crippen LogP contribution in [0.5, 0.6) is 0 Å². The first-order chi connectivity index (χ1) is 4.26. The van der Waals surface area contributed by atoms with Crippen LogP contribution in [0.4, 0.5) is 0 Å². The second-order valence-corrected chi connectivity index (χ2v) is 1.65. The third-order valence-electron chi connectivity index (χ3n) is 1.10. The third-order valence-corrected chi connectivity index (χ3v) is 1.10. The van der Waals surface area contributed by atoms with E-state index in [1.54, 1.807) is 0 Å². The van der Waals surface area contributed by atoms with Crippen molar-refractivity contribution < 1.29 is 9.53 Å². The van der Waals surface area contributed by atoms with E-state index >= 15 is 0 Å². The summed E-state index contributed by atoms with van der Waals surface area (Å²) in [7, 11) is 1.34. The van der Waals surface area contributed by atoms with E-state index in [0.717, 1.165) is 0 Å². The minimum Gasteiger partial charge on any atom is -0.468 e. The first-order valence-electron chi connectivity index (χ1n) is 2.80. The number of hydrazine groups is 1. The van der Waals surface area contributed by atoms with Gasteiger partial charge in [0.1, 0.15) is 6.04 Å². The van der Waals surface area contributed by atoms with Crippen LogP contribution in [-0.2, 0) is 9.53 Å². The largest absolute Gasteiger partial charge is 0.468 e. The molecule has 0 aromatic rings. The van der Waals surface area contributed by atoms with Crippen LogP contribution in [0.1, 0.15) is 13.3 Å². The van der Waals surface area contributed by atoms with Crippen LogP contribution in [0.3, 0.4) is 0 Å². The molecule has 0 aromatic heterocycles. The Bertz CT molecular complexity index is 91.0. The number of ether oxygens (including phenoxy) is 1. The smallest absolute Gasteiger partial charge is 0.324 e. The summed E-state index contributed by atoms with van der Waals surface area (Å²) in [5.41, 5.74) is 2.33. The van der Waals surface area contributed by atoms with Crippen LogP contribution in [0.15, 0.2) is 0 Å². The summed E-state index contributed by atoms with van der Waals surface area (Å²) in [5, 5.41) is 0. The fourth-order valence-electron chi connectivity index (χ4n) is 0.495. The minimum atomic E-state index is -0.366. The molecule has 0 spiro atoms. The predicted molar refractivity (Wildman–Crippen MR) is 33.4 cm³/mol. The SMILES string of the molecule is CCC(NN)C(=O)OC. The van der Waals surface area contributed by atoms with Gasteiger partial charge in [-0.2, -0.15) is 0 Å². The summed E-state index contributed by atoms with van der Waals surface area (Å²) in [6, 6.07) is -0.366. The highest BCUT2D eigenvalue weighted by molar-refractivity contribution is 5.75. The van der Waals surface area contributed by atoms with Crippen LogP contribution in [0.25, 0.3) is 0 Å². The molecule has 0 saturated carbocycles. The predicted octanol–water partition coefficient (Wildman–Crippen LogP) is -0.599. The Morgan fingerprint density at radius 2 is 2.44 bits per heavy atom. The lowest BCUT2D eigenvalue weighted by Crippen LogP contribution is -2.41. The summed E-state index contributed by atoms with van der Waals surface area (Å²) < 4.78 is 4.41. The molecular weight excluding hydrogens is 120 g/mol. The summed E-state index contributed by atoms with van der Waals surface area (Å²) >= 11 is 0. The summed E-state index contributed by atoms with van der Waals surface area (Å²) in [6.07, 6.45) is 0.642. The van der Waals surface area contributed by atoms with E-state index in [1.807, 2.05) is 6.92 Å². The molecule has 4 heteroatoms. The van der Waals surface area contributed by atoms with E-state index in [0.29, 0.717) is 6.42 Å². The number of methoxy groups -OCH3 is 1. The Morgan fingerprint density at radius 3 is 2.56 bits per heavy atom. The third kappa shape index (κ3) is 2.43. The number of rotatable bonds is 3. The zero-order valence-electron chi connectivity index (χ0n) is 5.68. The molecule has 0 amide bonds. The lowest BCUT2D eigenvalue weighted by atomic mass is 10.2. The zero-order chi connectivity index (χ0) is 7.28. The molecule has 1 atom stereocenters. The van der Waals surface area contributed by atoms with E-state index in [2.05, 4.69) is 10.2 Å². The maximum atomic E-state index is 10.6. The number of carbonyl (C=O) groups excluding carboxylic acids is 1. The van der Waals surface area contributed by atoms with E-state index in [4.69, 9.17) is 5.84 Å². The highest BCUT2D eigenvalue weighted by Gasteiger charge is 2.13. The molecule has 0 bridgehead atoms. The first kappa shape index (κ1) is 8.39. The Hall–Kier alpha value is -0.610. The molecule has 0 aliphatic carbocycles. The fraction of sp³-hybridized carbons (Fsp3) is 0.800. The van der Waals surface area contributed by atoms with Crippen LogP contribution in [0, 0.1) is 0 Å². The highest BCUT2D eigenvalue weighted by Crippen LogP contribution is 1.89. The van der Waals surface area contributed by atoms with Gasteiger partial charge in [-0.3, -0.25) is 10.6 Å². The molecule has 0 rings (SSSR count). The Kier molecular flexibility index (Phi) is 4.00. The van der Waals surface area contributed by atoms with Gasteiger partial charge < -0.3 is 4.74 Å². The van der Waals surface area contributed by atoms with Gasteiger partial charge in [0, 0.05) is 0 Å². The normalized spacial score (nSPS) is 12.8. The van der Waals surface area contributed by atoms with Gasteiger partial charge >= 0.3 is 5.97 Å². The minimum absolute atomic E-state index is 0.319. The van der Waals surface area contributed by atoms with Crippen molar-refractivity contribution in [3.8, 4) is 0 Å². The molecule has 0 saturated heterocycles. The molecule has 0 aromatic carbocycles. The van der Waals surface area contributed by atoms with Crippen LogP contribution in [-0.4, -0.2) is 19.1 Å². The first-order valence-corrected chi connectivity index (χ1v) is 2.80. The average Bonchev–Trinajstić information content (AvgIpc) is 1.90. The van der Waals surface area contributed by atoms with E-state index < -0.39 is 0 Å². The van der Waals surface area contributed by atoms with Crippen molar-refractivity contribution in [3.63, 3.8) is 0 Å². The molecular formula is C5H12N2O2. The Labute approximate surface area is 54.3 Å². The topological polar surface area (TPSA) is 64.3 Å². The molecule has 0 heterocycles. The van der Waals surface area contributed by atoms with Gasteiger partial charge in [-0.15, -0.1) is 0 Å². The van der Waals surface area contributed by atoms with Crippen molar-refractivity contribution in [2.45, 2.75) is 19.4 Å². The van der Waals surface area contributed by atoms with E-state index in [9.17, 15) is 4.79 Å². The Morgan fingerprint density at radius 1 is 1.89 bits per heavy atom. The highest BCUT2D eigenvalue weighted by atomic mass is 16.5. The summed E-state index contributed by atoms with van der Waals surface area (Å²) in [4.78, 5) is 10.6. The van der Waals surface area contributed by atoms with Crippen molar-refractivity contribution in [2.24, 2.45) is 5.84 Å².